The van der Waals surface area contributed by atoms with Crippen LogP contribution in [-0.4, -0.2) is 19.7 Å². The molecule has 2 aromatic rings. The van der Waals surface area contributed by atoms with Gasteiger partial charge in [0.1, 0.15) is 13.2 Å². The van der Waals surface area contributed by atoms with Gasteiger partial charge in [0.15, 0.2) is 11.5 Å². The van der Waals surface area contributed by atoms with Crippen molar-refractivity contribution in [3.8, 4) is 11.5 Å². The molecular weight excluding hydrogens is 304 g/mol. The molecule has 0 unspecified atom stereocenters. The Morgan fingerprint density at radius 3 is 2.62 bits per heavy atom. The maximum Gasteiger partial charge on any atom is 0.306 e. The van der Waals surface area contributed by atoms with Gasteiger partial charge < -0.3 is 14.2 Å². The van der Waals surface area contributed by atoms with Crippen molar-refractivity contribution in [2.45, 2.75) is 19.4 Å². The summed E-state index contributed by atoms with van der Waals surface area (Å²) in [6, 6.07) is 15.8. The summed E-state index contributed by atoms with van der Waals surface area (Å²) in [7, 11) is 1.63. The molecule has 0 saturated carbocycles. The van der Waals surface area contributed by atoms with Crippen molar-refractivity contribution in [1.82, 2.24) is 0 Å². The Kier molecular flexibility index (Phi) is 5.16. The van der Waals surface area contributed by atoms with E-state index in [4.69, 9.17) is 14.2 Å². The number of rotatable bonds is 5. The second-order valence-corrected chi connectivity index (χ2v) is 5.65. The van der Waals surface area contributed by atoms with Crippen LogP contribution in [0.2, 0.25) is 0 Å². The highest BCUT2D eigenvalue weighted by atomic mass is 16.5. The highest BCUT2D eigenvalue weighted by Crippen LogP contribution is 2.30. The molecule has 24 heavy (non-hydrogen) atoms. The van der Waals surface area contributed by atoms with Crippen molar-refractivity contribution in [2.24, 2.45) is 0 Å². The van der Waals surface area contributed by atoms with Gasteiger partial charge in [-0.2, -0.15) is 0 Å². The van der Waals surface area contributed by atoms with E-state index in [-0.39, 0.29) is 5.97 Å². The van der Waals surface area contributed by atoms with E-state index in [9.17, 15) is 4.79 Å². The van der Waals surface area contributed by atoms with E-state index in [2.05, 4.69) is 0 Å². The smallest absolute Gasteiger partial charge is 0.306 e. The van der Waals surface area contributed by atoms with Crippen LogP contribution in [0, 0.1) is 0 Å². The minimum absolute atomic E-state index is 0.130. The Hall–Kier alpha value is -2.75. The zero-order chi connectivity index (χ0) is 16.8. The molecule has 0 amide bonds. The van der Waals surface area contributed by atoms with Crippen LogP contribution < -0.4 is 9.47 Å². The van der Waals surface area contributed by atoms with Crippen LogP contribution in [0.5, 0.6) is 11.5 Å². The van der Waals surface area contributed by atoms with Crippen LogP contribution >= 0.6 is 0 Å². The average Bonchev–Trinajstić information content (AvgIpc) is 2.63. The predicted octanol–water partition coefficient (Wildman–Crippen LogP) is 3.99. The molecule has 0 aromatic heterocycles. The van der Waals surface area contributed by atoms with Gasteiger partial charge in [-0.05, 0) is 35.3 Å². The van der Waals surface area contributed by atoms with Gasteiger partial charge in [0.25, 0.3) is 0 Å². The molecule has 1 fully saturated rings. The molecule has 1 aliphatic rings. The lowest BCUT2D eigenvalue weighted by Gasteiger charge is -2.15. The van der Waals surface area contributed by atoms with Gasteiger partial charge in [-0.25, -0.2) is 0 Å². The van der Waals surface area contributed by atoms with Gasteiger partial charge >= 0.3 is 5.97 Å². The van der Waals surface area contributed by atoms with Crippen LogP contribution in [0.1, 0.15) is 24.0 Å². The molecule has 2 aromatic carbocycles. The van der Waals surface area contributed by atoms with Crippen molar-refractivity contribution < 1.29 is 19.0 Å². The highest BCUT2D eigenvalue weighted by molar-refractivity contribution is 5.72. The maximum absolute atomic E-state index is 11.1. The molecule has 124 valence electrons. The lowest BCUT2D eigenvalue weighted by atomic mass is 10.0. The zero-order valence-corrected chi connectivity index (χ0v) is 13.7. The SMILES string of the molecule is COc1cc(C=C2CCC(=O)OC2)ccc1OCc1ccccc1. The molecule has 0 aliphatic carbocycles. The Bertz CT molecular complexity index is 723. The van der Waals surface area contributed by atoms with Crippen LogP contribution in [0.4, 0.5) is 0 Å². The number of ether oxygens (including phenoxy) is 3. The van der Waals surface area contributed by atoms with E-state index in [1.807, 2.05) is 54.6 Å². The predicted molar refractivity (Wildman–Crippen MR) is 91.9 cm³/mol. The quantitative estimate of drug-likeness (QED) is 0.780. The first-order valence-corrected chi connectivity index (χ1v) is 7.94. The number of esters is 1. The van der Waals surface area contributed by atoms with E-state index < -0.39 is 0 Å². The third-order valence-corrected chi connectivity index (χ3v) is 3.86. The lowest BCUT2D eigenvalue weighted by Crippen LogP contribution is -2.14. The fraction of sp³-hybridized carbons (Fsp3) is 0.250. The summed E-state index contributed by atoms with van der Waals surface area (Å²) < 4.78 is 16.4. The first-order chi connectivity index (χ1) is 11.7. The summed E-state index contributed by atoms with van der Waals surface area (Å²) in [6.07, 6.45) is 3.23. The van der Waals surface area contributed by atoms with Crippen LogP contribution in [0.15, 0.2) is 54.1 Å². The zero-order valence-electron chi connectivity index (χ0n) is 13.7. The summed E-state index contributed by atoms with van der Waals surface area (Å²) in [5.41, 5.74) is 3.22. The van der Waals surface area contributed by atoms with Crippen molar-refractivity contribution in [1.29, 1.82) is 0 Å². The third-order valence-electron chi connectivity index (χ3n) is 3.86. The molecule has 3 rings (SSSR count). The van der Waals surface area contributed by atoms with Crippen LogP contribution in [-0.2, 0) is 16.1 Å². The monoisotopic (exact) mass is 324 g/mol. The number of benzene rings is 2. The van der Waals surface area contributed by atoms with Gasteiger partial charge in [-0.15, -0.1) is 0 Å². The number of cyclic esters (lactones) is 1. The van der Waals surface area contributed by atoms with Crippen molar-refractivity contribution in [2.75, 3.05) is 13.7 Å². The highest BCUT2D eigenvalue weighted by Gasteiger charge is 2.13. The van der Waals surface area contributed by atoms with E-state index in [1.54, 1.807) is 7.11 Å². The lowest BCUT2D eigenvalue weighted by molar-refractivity contribution is -0.144. The Balaban J connectivity index is 1.71. The second-order valence-electron chi connectivity index (χ2n) is 5.65. The third kappa shape index (κ3) is 4.16. The number of carbonyl (C=O) groups excluding carboxylic acids is 1. The standard InChI is InChI=1S/C20H20O4/c1-22-19-12-16(11-17-8-10-20(21)24-14-17)7-9-18(19)23-13-15-5-3-2-4-6-15/h2-7,9,11-12H,8,10,13-14H2,1H3. The molecule has 1 heterocycles. The van der Waals surface area contributed by atoms with E-state index in [0.29, 0.717) is 31.1 Å². The molecule has 0 bridgehead atoms. The Morgan fingerprint density at radius 2 is 1.92 bits per heavy atom. The number of methoxy groups -OCH3 is 1. The second kappa shape index (κ2) is 7.68. The first-order valence-electron chi connectivity index (χ1n) is 7.94. The molecule has 0 atom stereocenters. The molecular formula is C20H20O4. The number of hydrogen-bond donors (Lipinski definition) is 0. The van der Waals surface area contributed by atoms with E-state index in [0.717, 1.165) is 23.1 Å². The van der Waals surface area contributed by atoms with Gasteiger partial charge in [0.05, 0.1) is 7.11 Å². The maximum atomic E-state index is 11.1. The first kappa shape index (κ1) is 16.1. The fourth-order valence-corrected chi connectivity index (χ4v) is 2.56. The summed E-state index contributed by atoms with van der Waals surface area (Å²) in [5, 5.41) is 0. The van der Waals surface area contributed by atoms with Crippen molar-refractivity contribution >= 4 is 12.0 Å². The topological polar surface area (TPSA) is 44.8 Å². The number of carbonyl (C=O) groups is 1. The van der Waals surface area contributed by atoms with Crippen LogP contribution in [0.25, 0.3) is 6.08 Å². The average molecular weight is 324 g/mol. The largest absolute Gasteiger partial charge is 0.493 e. The van der Waals surface area contributed by atoms with Gasteiger partial charge in [0.2, 0.25) is 0 Å². The van der Waals surface area contributed by atoms with Gasteiger partial charge in [-0.1, -0.05) is 42.5 Å². The minimum atomic E-state index is -0.130. The molecule has 0 spiro atoms. The minimum Gasteiger partial charge on any atom is -0.493 e. The van der Waals surface area contributed by atoms with Gasteiger partial charge in [-0.3, -0.25) is 4.79 Å². The Labute approximate surface area is 141 Å². The fourth-order valence-electron chi connectivity index (χ4n) is 2.56. The summed E-state index contributed by atoms with van der Waals surface area (Å²) in [5.74, 6) is 1.26. The van der Waals surface area contributed by atoms with E-state index >= 15 is 0 Å². The van der Waals surface area contributed by atoms with Gasteiger partial charge in [0, 0.05) is 6.42 Å². The molecule has 4 nitrogen and oxygen atoms in total. The number of hydrogen-bond acceptors (Lipinski definition) is 4. The summed E-state index contributed by atoms with van der Waals surface area (Å²) in [4.78, 5) is 11.1. The van der Waals surface area contributed by atoms with Crippen molar-refractivity contribution in [3.63, 3.8) is 0 Å². The van der Waals surface area contributed by atoms with Crippen molar-refractivity contribution in [3.05, 3.63) is 65.2 Å². The normalized spacial score (nSPS) is 15.9. The van der Waals surface area contributed by atoms with E-state index in [1.165, 1.54) is 0 Å². The summed E-state index contributed by atoms with van der Waals surface area (Å²) >= 11 is 0. The molecule has 0 N–H and O–H groups in total. The molecule has 4 heteroatoms. The molecule has 1 saturated heterocycles. The molecule has 1 aliphatic heterocycles. The summed E-state index contributed by atoms with van der Waals surface area (Å²) in [6.45, 7) is 0.862. The Morgan fingerprint density at radius 1 is 1.08 bits per heavy atom. The molecule has 0 radical (unpaired) electrons. The van der Waals surface area contributed by atoms with Crippen LogP contribution in [0.3, 0.4) is 0 Å².